The maximum Gasteiger partial charge on any atom is 0.0620 e. The van der Waals surface area contributed by atoms with E-state index in [0.29, 0.717) is 16.7 Å². The largest absolute Gasteiger partial charge is 0.393 e. The average Bonchev–Trinajstić information content (AvgIpc) is 3.10. The predicted octanol–water partition coefficient (Wildman–Crippen LogP) is 6.52. The van der Waals surface area contributed by atoms with E-state index in [1.807, 2.05) is 6.92 Å². The van der Waals surface area contributed by atoms with Crippen LogP contribution in [0.2, 0.25) is 0 Å². The van der Waals surface area contributed by atoms with Gasteiger partial charge in [0, 0.05) is 13.7 Å². The lowest BCUT2D eigenvalue weighted by Gasteiger charge is -2.58. The van der Waals surface area contributed by atoms with E-state index in [9.17, 15) is 10.2 Å². The van der Waals surface area contributed by atoms with Crippen molar-refractivity contribution in [3.63, 3.8) is 0 Å². The molecule has 4 rings (SSSR count). The second-order valence-electron chi connectivity index (χ2n) is 13.0. The second kappa shape index (κ2) is 9.34. The van der Waals surface area contributed by atoms with Gasteiger partial charge in [-0.1, -0.05) is 32.4 Å². The monoisotopic (exact) mass is 446 g/mol. The summed E-state index contributed by atoms with van der Waals surface area (Å²) in [6.07, 6.45) is 16.2. The molecule has 0 aromatic heterocycles. The summed E-state index contributed by atoms with van der Waals surface area (Å²) in [7, 11) is 1.74. The van der Waals surface area contributed by atoms with Crippen LogP contribution >= 0.6 is 0 Å². The van der Waals surface area contributed by atoms with Gasteiger partial charge in [0.25, 0.3) is 0 Å². The average molecular weight is 447 g/mol. The van der Waals surface area contributed by atoms with Crippen LogP contribution in [0.3, 0.4) is 0 Å². The molecule has 3 nitrogen and oxygen atoms in total. The fourth-order valence-corrected chi connectivity index (χ4v) is 9.08. The molecule has 2 N–H and O–H groups in total. The molecule has 0 heterocycles. The van der Waals surface area contributed by atoms with Gasteiger partial charge >= 0.3 is 0 Å². The number of hydrogen-bond donors (Lipinski definition) is 2. The fraction of sp³-hybridized carbons (Fsp3) is 0.931. The highest BCUT2D eigenvalue weighted by atomic mass is 16.5. The lowest BCUT2D eigenvalue weighted by molar-refractivity contribution is -0.0590. The molecule has 4 aliphatic carbocycles. The Labute approximate surface area is 197 Å². The van der Waals surface area contributed by atoms with Gasteiger partial charge < -0.3 is 14.9 Å². The number of methoxy groups -OCH3 is 1. The summed E-state index contributed by atoms with van der Waals surface area (Å²) in [6.45, 7) is 10.4. The first-order valence-electron chi connectivity index (χ1n) is 13.7. The normalized spacial score (nSPS) is 44.1. The number of aliphatic hydroxyl groups is 2. The molecule has 4 aliphatic rings. The van der Waals surface area contributed by atoms with Crippen molar-refractivity contribution in [2.24, 2.45) is 40.4 Å². The lowest BCUT2D eigenvalue weighted by atomic mass is 9.47. The van der Waals surface area contributed by atoms with Gasteiger partial charge in [0.05, 0.1) is 11.7 Å². The summed E-state index contributed by atoms with van der Waals surface area (Å²) in [6, 6.07) is 0. The number of aliphatic hydroxyl groups excluding tert-OH is 1. The molecule has 32 heavy (non-hydrogen) atoms. The molecular formula is C29H50O3. The van der Waals surface area contributed by atoms with Gasteiger partial charge in [0.15, 0.2) is 0 Å². The Kier molecular flexibility index (Phi) is 7.22. The molecule has 0 amide bonds. The quantitative estimate of drug-likeness (QED) is 0.329. The molecule has 0 radical (unpaired) electrons. The van der Waals surface area contributed by atoms with Gasteiger partial charge in [-0.05, 0) is 124 Å². The van der Waals surface area contributed by atoms with Crippen molar-refractivity contribution in [3.8, 4) is 0 Å². The topological polar surface area (TPSA) is 49.7 Å². The van der Waals surface area contributed by atoms with E-state index in [4.69, 9.17) is 4.74 Å². The van der Waals surface area contributed by atoms with Crippen LogP contribution in [0, 0.1) is 40.4 Å². The van der Waals surface area contributed by atoms with E-state index in [1.165, 1.54) is 38.5 Å². The Bertz CT molecular complexity index is 684. The van der Waals surface area contributed by atoms with E-state index in [0.717, 1.165) is 68.8 Å². The molecule has 3 saturated carbocycles. The highest BCUT2D eigenvalue weighted by molar-refractivity contribution is 5.25. The highest BCUT2D eigenvalue weighted by Gasteiger charge is 2.59. The van der Waals surface area contributed by atoms with E-state index in [1.54, 1.807) is 12.7 Å². The standard InChI is InChI=1S/C29H50O3/c1-20(11-15-27(2,31)14-6-18-32-5)24-9-10-25-23-8-7-21-19-22(30)12-16-28(21,3)26(23)13-17-29(24,25)4/h7,20,22-26,30-31H,6,8-19H2,1-5H3. The minimum absolute atomic E-state index is 0.108. The van der Waals surface area contributed by atoms with Crippen molar-refractivity contribution in [3.05, 3.63) is 11.6 Å². The minimum Gasteiger partial charge on any atom is -0.393 e. The minimum atomic E-state index is -0.561. The zero-order valence-electron chi connectivity index (χ0n) is 21.5. The van der Waals surface area contributed by atoms with Crippen LogP contribution < -0.4 is 0 Å². The number of rotatable bonds is 8. The fourth-order valence-electron chi connectivity index (χ4n) is 9.08. The molecule has 9 atom stereocenters. The van der Waals surface area contributed by atoms with Crippen LogP contribution in [0.1, 0.15) is 105 Å². The van der Waals surface area contributed by atoms with Crippen LogP contribution in [-0.4, -0.2) is 35.6 Å². The van der Waals surface area contributed by atoms with Crippen molar-refractivity contribution in [2.75, 3.05) is 13.7 Å². The molecule has 0 aromatic rings. The van der Waals surface area contributed by atoms with Crippen LogP contribution in [0.5, 0.6) is 0 Å². The third kappa shape index (κ3) is 4.48. The molecule has 0 aliphatic heterocycles. The summed E-state index contributed by atoms with van der Waals surface area (Å²) in [4.78, 5) is 0. The highest BCUT2D eigenvalue weighted by Crippen LogP contribution is 2.67. The van der Waals surface area contributed by atoms with Crippen LogP contribution in [-0.2, 0) is 4.74 Å². The SMILES string of the molecule is COCCCC(C)(O)CCC(C)C1CCC2C3CC=C4CC(O)CCC4(C)C3CCC12C. The molecule has 184 valence electrons. The molecule has 0 aromatic carbocycles. The van der Waals surface area contributed by atoms with Crippen LogP contribution in [0.4, 0.5) is 0 Å². The molecule has 9 unspecified atom stereocenters. The van der Waals surface area contributed by atoms with Gasteiger partial charge in [-0.25, -0.2) is 0 Å². The maximum absolute atomic E-state index is 10.9. The molecule has 3 fully saturated rings. The Morgan fingerprint density at radius 1 is 1.12 bits per heavy atom. The predicted molar refractivity (Wildman–Crippen MR) is 131 cm³/mol. The summed E-state index contributed by atoms with van der Waals surface area (Å²) >= 11 is 0. The first-order chi connectivity index (χ1) is 15.1. The van der Waals surface area contributed by atoms with Crippen molar-refractivity contribution >= 4 is 0 Å². The van der Waals surface area contributed by atoms with E-state index < -0.39 is 5.60 Å². The van der Waals surface area contributed by atoms with Gasteiger partial charge in [0.1, 0.15) is 0 Å². The van der Waals surface area contributed by atoms with Crippen molar-refractivity contribution in [1.82, 2.24) is 0 Å². The van der Waals surface area contributed by atoms with Gasteiger partial charge in [-0.15, -0.1) is 0 Å². The third-order valence-electron chi connectivity index (χ3n) is 11.0. The number of fused-ring (bicyclic) bond motifs is 5. The maximum atomic E-state index is 10.9. The van der Waals surface area contributed by atoms with Crippen molar-refractivity contribution in [1.29, 1.82) is 0 Å². The van der Waals surface area contributed by atoms with Gasteiger partial charge in [0.2, 0.25) is 0 Å². The van der Waals surface area contributed by atoms with Gasteiger partial charge in [-0.3, -0.25) is 0 Å². The Morgan fingerprint density at radius 2 is 1.91 bits per heavy atom. The zero-order chi connectivity index (χ0) is 23.1. The van der Waals surface area contributed by atoms with E-state index >= 15 is 0 Å². The van der Waals surface area contributed by atoms with E-state index in [2.05, 4.69) is 26.8 Å². The molecule has 3 heteroatoms. The van der Waals surface area contributed by atoms with E-state index in [-0.39, 0.29) is 6.10 Å². The summed E-state index contributed by atoms with van der Waals surface area (Å²) in [5.41, 5.74) is 1.83. The number of hydrogen-bond acceptors (Lipinski definition) is 3. The Hall–Kier alpha value is -0.380. The third-order valence-corrected chi connectivity index (χ3v) is 11.0. The number of allylic oxidation sites excluding steroid dienone is 1. The number of ether oxygens (including phenoxy) is 1. The Morgan fingerprint density at radius 3 is 2.66 bits per heavy atom. The molecule has 0 spiro atoms. The smallest absolute Gasteiger partial charge is 0.0620 e. The Balaban J connectivity index is 1.41. The first-order valence-corrected chi connectivity index (χ1v) is 13.7. The van der Waals surface area contributed by atoms with Gasteiger partial charge in [-0.2, -0.15) is 0 Å². The van der Waals surface area contributed by atoms with Crippen molar-refractivity contribution in [2.45, 2.75) is 116 Å². The summed E-state index contributed by atoms with van der Waals surface area (Å²) in [5.74, 6) is 4.01. The summed E-state index contributed by atoms with van der Waals surface area (Å²) < 4.78 is 5.18. The summed E-state index contributed by atoms with van der Waals surface area (Å²) in [5, 5.41) is 21.1. The zero-order valence-corrected chi connectivity index (χ0v) is 21.5. The van der Waals surface area contributed by atoms with Crippen LogP contribution in [0.25, 0.3) is 0 Å². The van der Waals surface area contributed by atoms with Crippen LogP contribution in [0.15, 0.2) is 11.6 Å². The molecule has 0 saturated heterocycles. The first kappa shape index (κ1) is 24.7. The second-order valence-corrected chi connectivity index (χ2v) is 13.0. The molecule has 0 bridgehead atoms. The molecular weight excluding hydrogens is 396 g/mol. The van der Waals surface area contributed by atoms with Crippen molar-refractivity contribution < 1.29 is 14.9 Å². The lowest BCUT2D eigenvalue weighted by Crippen LogP contribution is -2.50.